The van der Waals surface area contributed by atoms with Crippen molar-refractivity contribution in [2.45, 2.75) is 31.3 Å². The number of sulfonamides is 1. The van der Waals surface area contributed by atoms with Crippen LogP contribution in [-0.2, 0) is 15.6 Å². The van der Waals surface area contributed by atoms with Gasteiger partial charge in [-0.3, -0.25) is 0 Å². The summed E-state index contributed by atoms with van der Waals surface area (Å²) in [5.41, 5.74) is -0.173. The molecule has 2 N–H and O–H groups in total. The molecule has 0 spiro atoms. The summed E-state index contributed by atoms with van der Waals surface area (Å²) in [6.07, 6.45) is 0. The first-order chi connectivity index (χ1) is 12.7. The molecule has 0 aromatic heterocycles. The maximum absolute atomic E-state index is 12.6. The van der Waals surface area contributed by atoms with Crippen LogP contribution >= 0.6 is 0 Å². The van der Waals surface area contributed by atoms with E-state index >= 15 is 0 Å². The average molecular weight is 393 g/mol. The second-order valence-electron chi connectivity index (χ2n) is 6.53. The summed E-state index contributed by atoms with van der Waals surface area (Å²) in [4.78, 5) is 0.116. The molecular weight excluding hydrogens is 370 g/mol. The first-order valence-corrected chi connectivity index (χ1v) is 10.1. The molecule has 2 aromatic carbocycles. The molecule has 0 fully saturated rings. The van der Waals surface area contributed by atoms with Crippen molar-refractivity contribution >= 4 is 10.0 Å². The zero-order valence-electron chi connectivity index (χ0n) is 15.5. The molecule has 0 saturated heterocycles. The van der Waals surface area contributed by atoms with Crippen LogP contribution in [0.3, 0.4) is 0 Å². The predicted molar refractivity (Wildman–Crippen MR) is 99.7 cm³/mol. The van der Waals surface area contributed by atoms with Gasteiger partial charge in [0.2, 0.25) is 16.8 Å². The minimum absolute atomic E-state index is 0.116. The van der Waals surface area contributed by atoms with E-state index in [0.29, 0.717) is 29.4 Å². The minimum Gasteiger partial charge on any atom is -0.494 e. The molecule has 3 rings (SSSR count). The summed E-state index contributed by atoms with van der Waals surface area (Å²) in [5.74, 6) is 1.77. The van der Waals surface area contributed by atoms with Crippen molar-refractivity contribution in [1.82, 2.24) is 4.72 Å². The molecule has 8 heteroatoms. The molecule has 0 radical (unpaired) electrons. The lowest BCUT2D eigenvalue weighted by atomic mass is 9.96. The Labute approximate surface area is 158 Å². The number of aryl methyl sites for hydroxylation is 1. The quantitative estimate of drug-likeness (QED) is 0.750. The monoisotopic (exact) mass is 393 g/mol. The lowest BCUT2D eigenvalue weighted by Gasteiger charge is -2.24. The maximum atomic E-state index is 12.6. The summed E-state index contributed by atoms with van der Waals surface area (Å²) in [6, 6.07) is 9.68. The topological polar surface area (TPSA) is 94.1 Å². The lowest BCUT2D eigenvalue weighted by Crippen LogP contribution is -2.38. The molecule has 1 aliphatic heterocycles. The number of nitrogens with one attached hydrogen (secondary N) is 1. The number of hydrogen-bond acceptors (Lipinski definition) is 6. The van der Waals surface area contributed by atoms with E-state index in [9.17, 15) is 13.5 Å². The van der Waals surface area contributed by atoms with Crippen LogP contribution in [0.4, 0.5) is 0 Å². The van der Waals surface area contributed by atoms with Gasteiger partial charge in [0.05, 0.1) is 11.5 Å². The van der Waals surface area contributed by atoms with Crippen molar-refractivity contribution in [2.75, 3.05) is 19.9 Å². The smallest absolute Gasteiger partial charge is 0.240 e. The number of aliphatic hydroxyl groups is 1. The number of benzene rings is 2. The molecule has 0 bridgehead atoms. The molecule has 2 aromatic rings. The number of rotatable bonds is 7. The Morgan fingerprint density at radius 1 is 1.19 bits per heavy atom. The molecule has 0 aliphatic carbocycles. The van der Waals surface area contributed by atoms with Crippen LogP contribution < -0.4 is 18.9 Å². The zero-order valence-corrected chi connectivity index (χ0v) is 16.3. The standard InChI is InChI=1S/C19H23NO6S/c1-4-24-16-8-6-15(9-13(16)2)27(22,23)20-11-19(3,21)14-5-7-17-18(10-14)26-12-25-17/h5-10,20-21H,4,11-12H2,1-3H3. The van der Waals surface area contributed by atoms with E-state index in [2.05, 4.69) is 4.72 Å². The number of fused-ring (bicyclic) bond motifs is 1. The van der Waals surface area contributed by atoms with E-state index in [0.717, 1.165) is 5.56 Å². The highest BCUT2D eigenvalue weighted by atomic mass is 32.2. The van der Waals surface area contributed by atoms with Crippen LogP contribution in [-0.4, -0.2) is 33.5 Å². The molecule has 7 nitrogen and oxygen atoms in total. The van der Waals surface area contributed by atoms with E-state index in [1.807, 2.05) is 6.92 Å². The molecule has 0 saturated carbocycles. The van der Waals surface area contributed by atoms with Gasteiger partial charge in [0, 0.05) is 6.54 Å². The van der Waals surface area contributed by atoms with Crippen molar-refractivity contribution in [1.29, 1.82) is 0 Å². The third kappa shape index (κ3) is 4.18. The fraction of sp³-hybridized carbons (Fsp3) is 0.368. The molecule has 1 unspecified atom stereocenters. The first-order valence-electron chi connectivity index (χ1n) is 8.58. The van der Waals surface area contributed by atoms with E-state index in [1.165, 1.54) is 13.0 Å². The van der Waals surface area contributed by atoms with Crippen LogP contribution in [0.5, 0.6) is 17.2 Å². The molecule has 1 heterocycles. The SMILES string of the molecule is CCOc1ccc(S(=O)(=O)NCC(C)(O)c2ccc3c(c2)OCO3)cc1C. The summed E-state index contributed by atoms with van der Waals surface area (Å²) < 4.78 is 43.7. The molecule has 1 atom stereocenters. The summed E-state index contributed by atoms with van der Waals surface area (Å²) in [5, 5.41) is 10.8. The third-order valence-corrected chi connectivity index (χ3v) is 5.76. The van der Waals surface area contributed by atoms with E-state index in [-0.39, 0.29) is 18.2 Å². The van der Waals surface area contributed by atoms with Gasteiger partial charge in [0.1, 0.15) is 11.4 Å². The number of ether oxygens (including phenoxy) is 3. The van der Waals surface area contributed by atoms with Crippen molar-refractivity contribution in [3.8, 4) is 17.2 Å². The Balaban J connectivity index is 1.75. The summed E-state index contributed by atoms with van der Waals surface area (Å²) in [6.45, 7) is 5.63. The maximum Gasteiger partial charge on any atom is 0.240 e. The van der Waals surface area contributed by atoms with Crippen molar-refractivity contribution < 1.29 is 27.7 Å². The molecule has 27 heavy (non-hydrogen) atoms. The molecule has 1 aliphatic rings. The predicted octanol–water partition coefficient (Wildman–Crippen LogP) is 2.31. The van der Waals surface area contributed by atoms with Gasteiger partial charge in [-0.2, -0.15) is 0 Å². The van der Waals surface area contributed by atoms with Crippen LogP contribution in [0.15, 0.2) is 41.3 Å². The second-order valence-corrected chi connectivity index (χ2v) is 8.29. The van der Waals surface area contributed by atoms with Gasteiger partial charge in [-0.25, -0.2) is 13.1 Å². The normalized spacial score (nSPS) is 15.4. The number of hydrogen-bond donors (Lipinski definition) is 2. The van der Waals surface area contributed by atoms with Gasteiger partial charge < -0.3 is 19.3 Å². The highest BCUT2D eigenvalue weighted by Gasteiger charge is 2.28. The van der Waals surface area contributed by atoms with Gasteiger partial charge in [0.25, 0.3) is 0 Å². The van der Waals surface area contributed by atoms with E-state index in [4.69, 9.17) is 14.2 Å². The van der Waals surface area contributed by atoms with E-state index < -0.39 is 15.6 Å². The fourth-order valence-electron chi connectivity index (χ4n) is 2.76. The summed E-state index contributed by atoms with van der Waals surface area (Å²) in [7, 11) is -3.79. The molecule has 0 amide bonds. The largest absolute Gasteiger partial charge is 0.494 e. The summed E-state index contributed by atoms with van der Waals surface area (Å²) >= 11 is 0. The van der Waals surface area contributed by atoms with Crippen LogP contribution in [0.1, 0.15) is 25.0 Å². The van der Waals surface area contributed by atoms with Crippen LogP contribution in [0.25, 0.3) is 0 Å². The van der Waals surface area contributed by atoms with E-state index in [1.54, 1.807) is 37.3 Å². The van der Waals surface area contributed by atoms with Gasteiger partial charge in [-0.05, 0) is 62.2 Å². The minimum atomic E-state index is -3.79. The van der Waals surface area contributed by atoms with Gasteiger partial charge >= 0.3 is 0 Å². The van der Waals surface area contributed by atoms with Crippen molar-refractivity contribution in [2.24, 2.45) is 0 Å². The molecular formula is C19H23NO6S. The third-order valence-electron chi connectivity index (χ3n) is 4.36. The molecule has 146 valence electrons. The lowest BCUT2D eigenvalue weighted by molar-refractivity contribution is 0.0625. The van der Waals surface area contributed by atoms with Gasteiger partial charge in [-0.15, -0.1) is 0 Å². The van der Waals surface area contributed by atoms with Crippen molar-refractivity contribution in [3.05, 3.63) is 47.5 Å². The highest BCUT2D eigenvalue weighted by molar-refractivity contribution is 7.89. The average Bonchev–Trinajstić information content (AvgIpc) is 3.10. The Bertz CT molecular complexity index is 939. The highest BCUT2D eigenvalue weighted by Crippen LogP contribution is 2.35. The Hall–Kier alpha value is -2.29. The Morgan fingerprint density at radius 2 is 1.93 bits per heavy atom. The zero-order chi connectivity index (χ0) is 19.7. The second kappa shape index (κ2) is 7.38. The Morgan fingerprint density at radius 3 is 2.63 bits per heavy atom. The Kier molecular flexibility index (Phi) is 5.32. The van der Waals surface area contributed by atoms with Crippen LogP contribution in [0, 0.1) is 6.92 Å². The van der Waals surface area contributed by atoms with Gasteiger partial charge in [0.15, 0.2) is 11.5 Å². The van der Waals surface area contributed by atoms with Crippen LogP contribution in [0.2, 0.25) is 0 Å². The van der Waals surface area contributed by atoms with Gasteiger partial charge in [-0.1, -0.05) is 6.07 Å². The first kappa shape index (κ1) is 19.5. The van der Waals surface area contributed by atoms with Crippen molar-refractivity contribution in [3.63, 3.8) is 0 Å². The fourth-order valence-corrected chi connectivity index (χ4v) is 3.98.